The Morgan fingerprint density at radius 1 is 1.32 bits per heavy atom. The molecule has 0 unspecified atom stereocenters. The highest BCUT2D eigenvalue weighted by atomic mass is 127. The van der Waals surface area contributed by atoms with Gasteiger partial charge >= 0.3 is 0 Å². The number of guanidine groups is 1. The zero-order chi connectivity index (χ0) is 12.4. The Morgan fingerprint density at radius 2 is 2.11 bits per heavy atom. The lowest BCUT2D eigenvalue weighted by atomic mass is 9.68. The van der Waals surface area contributed by atoms with Gasteiger partial charge in [0.2, 0.25) is 0 Å². The standard InChI is InChI=1S/C15H27N3.HI/c1-2-16-14(17-10-6-13-4-5-13)18-11-9-15(12-18)7-3-8-15;/h13H,2-12H2,1H3,(H,16,17);1H. The van der Waals surface area contributed by atoms with Crippen LogP contribution in [0.3, 0.4) is 0 Å². The summed E-state index contributed by atoms with van der Waals surface area (Å²) in [4.78, 5) is 7.34. The SMILES string of the molecule is CCNC(=NCCC1CC1)N1CCC2(CCC2)C1.I. The lowest BCUT2D eigenvalue weighted by Gasteiger charge is -2.38. The smallest absolute Gasteiger partial charge is 0.193 e. The van der Waals surface area contributed by atoms with Crippen molar-refractivity contribution >= 4 is 29.9 Å². The largest absolute Gasteiger partial charge is 0.357 e. The molecule has 2 aliphatic carbocycles. The van der Waals surface area contributed by atoms with E-state index in [9.17, 15) is 0 Å². The fourth-order valence-electron chi connectivity index (χ4n) is 3.39. The lowest BCUT2D eigenvalue weighted by Crippen LogP contribution is -2.42. The predicted octanol–water partition coefficient (Wildman–Crippen LogP) is 3.25. The van der Waals surface area contributed by atoms with Crippen molar-refractivity contribution < 1.29 is 0 Å². The van der Waals surface area contributed by atoms with Crippen molar-refractivity contribution in [3.63, 3.8) is 0 Å². The molecule has 0 aromatic heterocycles. The number of nitrogens with zero attached hydrogens (tertiary/aromatic N) is 2. The molecule has 0 aromatic rings. The van der Waals surface area contributed by atoms with Crippen molar-refractivity contribution in [2.24, 2.45) is 16.3 Å². The Kier molecular flexibility index (Phi) is 5.37. The molecule has 0 radical (unpaired) electrons. The number of halogens is 1. The summed E-state index contributed by atoms with van der Waals surface area (Å²) in [6.45, 7) is 6.66. The van der Waals surface area contributed by atoms with Crippen LogP contribution in [0.15, 0.2) is 4.99 Å². The van der Waals surface area contributed by atoms with Crippen LogP contribution in [0.25, 0.3) is 0 Å². The first kappa shape index (κ1) is 15.4. The number of hydrogen-bond donors (Lipinski definition) is 1. The first-order valence-corrected chi connectivity index (χ1v) is 7.85. The molecule has 1 aliphatic heterocycles. The van der Waals surface area contributed by atoms with E-state index in [4.69, 9.17) is 4.99 Å². The maximum atomic E-state index is 4.83. The van der Waals surface area contributed by atoms with Crippen LogP contribution < -0.4 is 5.32 Å². The molecule has 4 heteroatoms. The maximum absolute atomic E-state index is 4.83. The molecule has 3 fully saturated rings. The number of likely N-dealkylation sites (tertiary alicyclic amines) is 1. The van der Waals surface area contributed by atoms with Gasteiger partial charge in [-0.05, 0) is 43.9 Å². The molecule has 1 spiro atoms. The second-order valence-electron chi connectivity index (χ2n) is 6.49. The summed E-state index contributed by atoms with van der Waals surface area (Å²) in [5.74, 6) is 2.18. The summed E-state index contributed by atoms with van der Waals surface area (Å²) in [6, 6.07) is 0. The van der Waals surface area contributed by atoms with Gasteiger partial charge in [0.25, 0.3) is 0 Å². The molecule has 3 rings (SSSR count). The highest BCUT2D eigenvalue weighted by Crippen LogP contribution is 2.47. The quantitative estimate of drug-likeness (QED) is 0.463. The fourth-order valence-corrected chi connectivity index (χ4v) is 3.39. The predicted molar refractivity (Wildman–Crippen MR) is 91.2 cm³/mol. The molecule has 110 valence electrons. The molecule has 1 saturated heterocycles. The first-order valence-electron chi connectivity index (χ1n) is 7.85. The third-order valence-electron chi connectivity index (χ3n) is 4.98. The van der Waals surface area contributed by atoms with E-state index in [0.29, 0.717) is 5.41 Å². The van der Waals surface area contributed by atoms with Crippen molar-refractivity contribution in [1.29, 1.82) is 0 Å². The van der Waals surface area contributed by atoms with E-state index >= 15 is 0 Å². The summed E-state index contributed by atoms with van der Waals surface area (Å²) >= 11 is 0. The molecule has 0 amide bonds. The van der Waals surface area contributed by atoms with Gasteiger partial charge in [0.15, 0.2) is 5.96 Å². The Labute approximate surface area is 134 Å². The number of nitrogens with one attached hydrogen (secondary N) is 1. The molecule has 1 N–H and O–H groups in total. The second-order valence-corrected chi connectivity index (χ2v) is 6.49. The van der Waals surface area contributed by atoms with Crippen molar-refractivity contribution in [2.75, 3.05) is 26.2 Å². The van der Waals surface area contributed by atoms with Gasteiger partial charge in [-0.2, -0.15) is 0 Å². The van der Waals surface area contributed by atoms with Crippen LogP contribution in [0.5, 0.6) is 0 Å². The van der Waals surface area contributed by atoms with Crippen LogP contribution in [0, 0.1) is 11.3 Å². The molecular weight excluding hydrogens is 349 g/mol. The van der Waals surface area contributed by atoms with E-state index in [1.165, 1.54) is 64.0 Å². The van der Waals surface area contributed by atoms with Gasteiger partial charge in [-0.1, -0.05) is 19.3 Å². The highest BCUT2D eigenvalue weighted by molar-refractivity contribution is 14.0. The van der Waals surface area contributed by atoms with Crippen LogP contribution in [0.2, 0.25) is 0 Å². The summed E-state index contributed by atoms with van der Waals surface area (Å²) in [6.07, 6.45) is 9.92. The average Bonchev–Trinajstić information content (AvgIpc) is 3.03. The van der Waals surface area contributed by atoms with Gasteiger partial charge < -0.3 is 10.2 Å². The van der Waals surface area contributed by atoms with Crippen molar-refractivity contribution in [1.82, 2.24) is 10.2 Å². The third kappa shape index (κ3) is 3.76. The zero-order valence-electron chi connectivity index (χ0n) is 12.2. The van der Waals surface area contributed by atoms with Crippen LogP contribution in [0.4, 0.5) is 0 Å². The van der Waals surface area contributed by atoms with Gasteiger partial charge in [0.1, 0.15) is 0 Å². The van der Waals surface area contributed by atoms with Gasteiger partial charge in [-0.3, -0.25) is 4.99 Å². The van der Waals surface area contributed by atoms with E-state index < -0.39 is 0 Å². The Bertz CT molecular complexity index is 321. The molecule has 0 aromatic carbocycles. The molecular formula is C15H28IN3. The number of hydrogen-bond acceptors (Lipinski definition) is 1. The van der Waals surface area contributed by atoms with E-state index in [-0.39, 0.29) is 24.0 Å². The van der Waals surface area contributed by atoms with Crippen LogP contribution in [-0.2, 0) is 0 Å². The summed E-state index contributed by atoms with van der Waals surface area (Å²) in [5.41, 5.74) is 0.673. The highest BCUT2D eigenvalue weighted by Gasteiger charge is 2.43. The van der Waals surface area contributed by atoms with Gasteiger partial charge in [0.05, 0.1) is 0 Å². The normalized spacial score (nSPS) is 25.1. The minimum atomic E-state index is 0. The number of aliphatic imine (C=N–C) groups is 1. The average molecular weight is 377 g/mol. The topological polar surface area (TPSA) is 27.6 Å². The van der Waals surface area contributed by atoms with E-state index in [2.05, 4.69) is 17.1 Å². The number of rotatable bonds is 4. The first-order chi connectivity index (χ1) is 8.81. The minimum Gasteiger partial charge on any atom is -0.357 e. The summed E-state index contributed by atoms with van der Waals surface area (Å²) < 4.78 is 0. The molecule has 3 nitrogen and oxygen atoms in total. The van der Waals surface area contributed by atoms with E-state index in [1.807, 2.05) is 0 Å². The monoisotopic (exact) mass is 377 g/mol. The summed E-state index contributed by atoms with van der Waals surface area (Å²) in [7, 11) is 0. The van der Waals surface area contributed by atoms with E-state index in [0.717, 1.165) is 19.0 Å². The molecule has 0 bridgehead atoms. The van der Waals surface area contributed by atoms with Crippen molar-refractivity contribution in [2.45, 2.75) is 51.9 Å². The summed E-state index contributed by atoms with van der Waals surface area (Å²) in [5, 5.41) is 3.48. The van der Waals surface area contributed by atoms with E-state index in [1.54, 1.807) is 0 Å². The molecule has 2 saturated carbocycles. The zero-order valence-corrected chi connectivity index (χ0v) is 14.5. The van der Waals surface area contributed by atoms with Gasteiger partial charge in [-0.15, -0.1) is 24.0 Å². The lowest BCUT2D eigenvalue weighted by molar-refractivity contribution is 0.151. The molecule has 3 aliphatic rings. The Hall–Kier alpha value is 0. The Morgan fingerprint density at radius 3 is 2.63 bits per heavy atom. The van der Waals surface area contributed by atoms with Crippen LogP contribution in [-0.4, -0.2) is 37.0 Å². The second kappa shape index (κ2) is 6.64. The third-order valence-corrected chi connectivity index (χ3v) is 4.98. The molecule has 1 heterocycles. The van der Waals surface area contributed by atoms with Gasteiger partial charge in [0, 0.05) is 26.2 Å². The van der Waals surface area contributed by atoms with Gasteiger partial charge in [-0.25, -0.2) is 0 Å². The fraction of sp³-hybridized carbons (Fsp3) is 0.933. The Balaban J connectivity index is 0.00000133. The molecule has 19 heavy (non-hydrogen) atoms. The van der Waals surface area contributed by atoms with Crippen molar-refractivity contribution in [3.8, 4) is 0 Å². The molecule has 0 atom stereocenters. The van der Waals surface area contributed by atoms with Crippen molar-refractivity contribution in [3.05, 3.63) is 0 Å². The minimum absolute atomic E-state index is 0. The van der Waals surface area contributed by atoms with Crippen LogP contribution in [0.1, 0.15) is 51.9 Å². The maximum Gasteiger partial charge on any atom is 0.193 e. The van der Waals surface area contributed by atoms with Crippen LogP contribution >= 0.6 is 24.0 Å².